The Kier molecular flexibility index (Phi) is 6.38. The van der Waals surface area contributed by atoms with Crippen LogP contribution in [0.2, 0.25) is 0 Å². The van der Waals surface area contributed by atoms with E-state index in [0.717, 1.165) is 5.56 Å². The molecule has 0 radical (unpaired) electrons. The molecule has 0 atom stereocenters. The summed E-state index contributed by atoms with van der Waals surface area (Å²) in [4.78, 5) is 30.4. The molecule has 0 aliphatic carbocycles. The molecule has 0 bridgehead atoms. The highest BCUT2D eigenvalue weighted by Gasteiger charge is 2.25. The molecular weight excluding hydrogens is 392 g/mol. The number of ether oxygens (including phenoxy) is 3. The number of nitrogens with one attached hydrogen (secondary N) is 1. The highest BCUT2D eigenvalue weighted by Crippen LogP contribution is 2.34. The fraction of sp³-hybridized carbons (Fsp3) is 0.150. The molecule has 0 saturated heterocycles. The summed E-state index contributed by atoms with van der Waals surface area (Å²) in [6.07, 6.45) is 1.17. The number of methoxy groups -OCH3 is 2. The predicted molar refractivity (Wildman–Crippen MR) is 107 cm³/mol. The van der Waals surface area contributed by atoms with E-state index in [-0.39, 0.29) is 17.4 Å². The van der Waals surface area contributed by atoms with Crippen LogP contribution in [0.15, 0.2) is 54.9 Å². The number of carbonyl (C=O) groups is 1. The van der Waals surface area contributed by atoms with E-state index in [1.54, 1.807) is 19.2 Å². The van der Waals surface area contributed by atoms with Gasteiger partial charge in [-0.1, -0.05) is 12.1 Å². The van der Waals surface area contributed by atoms with Crippen LogP contribution in [0.25, 0.3) is 0 Å². The van der Waals surface area contributed by atoms with E-state index in [2.05, 4.69) is 20.0 Å². The van der Waals surface area contributed by atoms with Crippen molar-refractivity contribution >= 4 is 17.5 Å². The minimum Gasteiger partial charge on any atom is -0.497 e. The first-order valence-electron chi connectivity index (χ1n) is 8.74. The maximum atomic E-state index is 11.6. The molecule has 0 saturated carbocycles. The zero-order chi connectivity index (χ0) is 21.5. The zero-order valence-electron chi connectivity index (χ0n) is 16.2. The Morgan fingerprint density at radius 3 is 2.30 bits per heavy atom. The normalized spacial score (nSPS) is 10.2. The van der Waals surface area contributed by atoms with Crippen molar-refractivity contribution in [2.75, 3.05) is 19.5 Å². The largest absolute Gasteiger partial charge is 0.497 e. The maximum Gasteiger partial charge on any atom is 0.373 e. The van der Waals surface area contributed by atoms with Crippen LogP contribution < -0.4 is 14.8 Å². The van der Waals surface area contributed by atoms with Gasteiger partial charge in [0.25, 0.3) is 0 Å². The quantitative estimate of drug-likeness (QED) is 0.337. The lowest BCUT2D eigenvalue weighted by Gasteiger charge is -2.10. The summed E-state index contributed by atoms with van der Waals surface area (Å²) in [5.41, 5.74) is 0.802. The number of nitro groups is 1. The molecule has 10 nitrogen and oxygen atoms in total. The number of aromatic nitrogens is 2. The monoisotopic (exact) mass is 410 g/mol. The van der Waals surface area contributed by atoms with Crippen LogP contribution >= 0.6 is 0 Å². The molecule has 1 N–H and O–H groups in total. The van der Waals surface area contributed by atoms with E-state index in [1.165, 1.54) is 37.7 Å². The summed E-state index contributed by atoms with van der Waals surface area (Å²) < 4.78 is 15.3. The van der Waals surface area contributed by atoms with Gasteiger partial charge in [0.1, 0.15) is 17.8 Å². The summed E-state index contributed by atoms with van der Waals surface area (Å²) in [5.74, 6) is 0.274. The molecule has 0 unspecified atom stereocenters. The third kappa shape index (κ3) is 4.79. The topological polar surface area (TPSA) is 126 Å². The first kappa shape index (κ1) is 20.5. The molecule has 1 heterocycles. The summed E-state index contributed by atoms with van der Waals surface area (Å²) in [6.45, 7) is 0.301. The van der Waals surface area contributed by atoms with Crippen molar-refractivity contribution in [3.05, 3.63) is 76.1 Å². The Morgan fingerprint density at radius 2 is 1.70 bits per heavy atom. The van der Waals surface area contributed by atoms with E-state index in [4.69, 9.17) is 9.47 Å². The Labute approximate surface area is 171 Å². The van der Waals surface area contributed by atoms with Crippen molar-refractivity contribution in [2.45, 2.75) is 6.54 Å². The molecule has 0 fully saturated rings. The van der Waals surface area contributed by atoms with Gasteiger partial charge in [-0.25, -0.2) is 9.78 Å². The van der Waals surface area contributed by atoms with Crippen LogP contribution in [0.4, 0.5) is 11.5 Å². The highest BCUT2D eigenvalue weighted by molar-refractivity contribution is 5.89. The van der Waals surface area contributed by atoms with E-state index < -0.39 is 16.6 Å². The lowest BCUT2D eigenvalue weighted by atomic mass is 10.2. The summed E-state index contributed by atoms with van der Waals surface area (Å²) in [6, 6.07) is 13.2. The van der Waals surface area contributed by atoms with E-state index in [0.29, 0.717) is 17.9 Å². The molecular formula is C20H18N4O6. The van der Waals surface area contributed by atoms with Gasteiger partial charge >= 0.3 is 17.5 Å². The number of benzene rings is 2. The third-order valence-electron chi connectivity index (χ3n) is 4.08. The molecule has 1 aromatic heterocycles. The van der Waals surface area contributed by atoms with E-state index in [9.17, 15) is 14.9 Å². The standard InChI is InChI=1S/C20H18N4O6/c1-28-15-7-3-13(4-8-15)11-21-18-17(24(26)27)19(23-12-22-18)30-16-9-5-14(6-10-16)20(25)29-2/h3-10,12H,11H2,1-2H3,(H,21,22,23). The van der Waals surface area contributed by atoms with Gasteiger partial charge in [0, 0.05) is 6.54 Å². The predicted octanol–water partition coefficient (Wildman–Crippen LogP) is 3.58. The number of nitrogens with zero attached hydrogens (tertiary/aromatic N) is 3. The van der Waals surface area contributed by atoms with Gasteiger partial charge in [0.15, 0.2) is 0 Å². The first-order chi connectivity index (χ1) is 14.5. The van der Waals surface area contributed by atoms with Crippen LogP contribution in [0.5, 0.6) is 17.4 Å². The lowest BCUT2D eigenvalue weighted by molar-refractivity contribution is -0.385. The molecule has 0 aliphatic rings. The fourth-order valence-electron chi connectivity index (χ4n) is 2.55. The lowest BCUT2D eigenvalue weighted by Crippen LogP contribution is -2.07. The van der Waals surface area contributed by atoms with Gasteiger partial charge in [-0.15, -0.1) is 0 Å². The second-order valence-corrected chi connectivity index (χ2v) is 5.95. The summed E-state index contributed by atoms with van der Waals surface area (Å²) in [7, 11) is 2.85. The van der Waals surface area contributed by atoms with Gasteiger partial charge in [0.05, 0.1) is 24.7 Å². The molecule has 0 spiro atoms. The van der Waals surface area contributed by atoms with Gasteiger partial charge in [-0.2, -0.15) is 4.98 Å². The van der Waals surface area contributed by atoms with Crippen LogP contribution in [0, 0.1) is 10.1 Å². The average molecular weight is 410 g/mol. The van der Waals surface area contributed by atoms with Gasteiger partial charge in [-0.05, 0) is 42.0 Å². The van der Waals surface area contributed by atoms with E-state index in [1.807, 2.05) is 12.1 Å². The van der Waals surface area contributed by atoms with Crippen LogP contribution in [-0.4, -0.2) is 35.1 Å². The Morgan fingerprint density at radius 1 is 1.03 bits per heavy atom. The molecule has 10 heteroatoms. The highest BCUT2D eigenvalue weighted by atomic mass is 16.6. The minimum atomic E-state index is -0.617. The van der Waals surface area contributed by atoms with Crippen LogP contribution in [-0.2, 0) is 11.3 Å². The van der Waals surface area contributed by atoms with Crippen molar-refractivity contribution in [3.8, 4) is 17.4 Å². The Balaban J connectivity index is 1.80. The molecule has 2 aromatic carbocycles. The van der Waals surface area contributed by atoms with Crippen molar-refractivity contribution in [1.29, 1.82) is 0 Å². The maximum absolute atomic E-state index is 11.6. The molecule has 154 valence electrons. The number of rotatable bonds is 8. The van der Waals surface area contributed by atoms with Gasteiger partial charge in [-0.3, -0.25) is 10.1 Å². The fourth-order valence-corrected chi connectivity index (χ4v) is 2.55. The first-order valence-corrected chi connectivity index (χ1v) is 8.74. The second kappa shape index (κ2) is 9.32. The Hall–Kier alpha value is -4.21. The van der Waals surface area contributed by atoms with Crippen molar-refractivity contribution in [3.63, 3.8) is 0 Å². The van der Waals surface area contributed by atoms with Crippen molar-refractivity contribution in [1.82, 2.24) is 9.97 Å². The molecule has 3 rings (SSSR count). The smallest absolute Gasteiger partial charge is 0.373 e. The molecule has 0 amide bonds. The van der Waals surface area contributed by atoms with Gasteiger partial charge in [0.2, 0.25) is 5.82 Å². The molecule has 30 heavy (non-hydrogen) atoms. The minimum absolute atomic E-state index is 0.0204. The molecule has 0 aliphatic heterocycles. The van der Waals surface area contributed by atoms with Crippen molar-refractivity contribution < 1.29 is 23.9 Å². The van der Waals surface area contributed by atoms with Crippen LogP contribution in [0.1, 0.15) is 15.9 Å². The van der Waals surface area contributed by atoms with Gasteiger partial charge < -0.3 is 19.5 Å². The van der Waals surface area contributed by atoms with Crippen LogP contribution in [0.3, 0.4) is 0 Å². The number of anilines is 1. The number of carbonyl (C=O) groups excluding carboxylic acids is 1. The second-order valence-electron chi connectivity index (χ2n) is 5.95. The number of hydrogen-bond donors (Lipinski definition) is 1. The Bertz CT molecular complexity index is 1040. The average Bonchev–Trinajstić information content (AvgIpc) is 2.77. The summed E-state index contributed by atoms with van der Waals surface area (Å²) in [5, 5.41) is 14.6. The third-order valence-corrected chi connectivity index (χ3v) is 4.08. The number of esters is 1. The zero-order valence-corrected chi connectivity index (χ0v) is 16.2. The number of hydrogen-bond acceptors (Lipinski definition) is 9. The van der Waals surface area contributed by atoms with E-state index >= 15 is 0 Å². The SMILES string of the molecule is COC(=O)c1ccc(Oc2ncnc(NCc3ccc(OC)cc3)c2[N+](=O)[O-])cc1. The molecule has 3 aromatic rings. The van der Waals surface area contributed by atoms with Crippen molar-refractivity contribution in [2.24, 2.45) is 0 Å². The summed E-state index contributed by atoms with van der Waals surface area (Å²) >= 11 is 0.